The summed E-state index contributed by atoms with van der Waals surface area (Å²) in [5.74, 6) is 1.37. The second kappa shape index (κ2) is 14.4. The van der Waals surface area contributed by atoms with Gasteiger partial charge in [-0.05, 0) is 114 Å². The Morgan fingerprint density at radius 1 is 0.605 bits per heavy atom. The van der Waals surface area contributed by atoms with E-state index in [1.54, 1.807) is 0 Å². The molecule has 2 atom stereocenters. The van der Waals surface area contributed by atoms with E-state index in [1.165, 1.54) is 36.8 Å². The number of fused-ring (bicyclic) bond motifs is 2. The first kappa shape index (κ1) is 29.8. The van der Waals surface area contributed by atoms with Crippen LogP contribution in [-0.4, -0.2) is 11.6 Å². The molecular formula is C36H48O2. The Balaban J connectivity index is 1.57. The van der Waals surface area contributed by atoms with Crippen molar-refractivity contribution in [3.63, 3.8) is 0 Å². The van der Waals surface area contributed by atoms with E-state index in [2.05, 4.69) is 53.7 Å². The van der Waals surface area contributed by atoms with Crippen molar-refractivity contribution in [3.05, 3.63) is 93.1 Å². The van der Waals surface area contributed by atoms with E-state index in [1.807, 2.05) is 36.4 Å². The number of hydrogen-bond donors (Lipinski definition) is 0. The van der Waals surface area contributed by atoms with Gasteiger partial charge in [0.15, 0.2) is 11.6 Å². The van der Waals surface area contributed by atoms with Gasteiger partial charge in [0.05, 0.1) is 0 Å². The molecule has 0 saturated carbocycles. The van der Waals surface area contributed by atoms with Crippen LogP contribution in [0.1, 0.15) is 136 Å². The fourth-order valence-electron chi connectivity index (χ4n) is 5.47. The highest BCUT2D eigenvalue weighted by Crippen LogP contribution is 2.30. The Labute approximate surface area is 231 Å². The van der Waals surface area contributed by atoms with Gasteiger partial charge in [0.2, 0.25) is 0 Å². The fourth-order valence-corrected chi connectivity index (χ4v) is 5.47. The molecule has 0 saturated heterocycles. The quantitative estimate of drug-likeness (QED) is 0.201. The number of allylic oxidation sites excluding steroid dienone is 4. The number of hydrogen-bond acceptors (Lipinski definition) is 2. The zero-order valence-corrected chi connectivity index (χ0v) is 24.7. The summed E-state index contributed by atoms with van der Waals surface area (Å²) in [5, 5.41) is 0. The van der Waals surface area contributed by atoms with Gasteiger partial charge in [0, 0.05) is 22.3 Å². The van der Waals surface area contributed by atoms with E-state index >= 15 is 0 Å². The first-order valence-corrected chi connectivity index (χ1v) is 14.8. The Hall–Kier alpha value is -2.74. The number of benzene rings is 2. The average Bonchev–Trinajstić information content (AvgIpc) is 2.86. The standard InChI is InChI=1S/C36H48O2/c1-25(2)11-7-13-27(5)15-9-17-29-19-21-31-33(23-29)35(37)32-22-20-30(24-34(32)36(31)38)18-10-16-28(6)14-8-12-26(3)4/h11-12,19-24,27-28H,7-10,13-18H2,1-6H3. The van der Waals surface area contributed by atoms with Crippen molar-refractivity contribution >= 4 is 11.6 Å². The molecule has 0 N–H and O–H groups in total. The van der Waals surface area contributed by atoms with Crippen LogP contribution in [0.2, 0.25) is 0 Å². The molecule has 0 amide bonds. The van der Waals surface area contributed by atoms with Crippen molar-refractivity contribution in [2.24, 2.45) is 11.8 Å². The van der Waals surface area contributed by atoms with Crippen molar-refractivity contribution in [3.8, 4) is 0 Å². The van der Waals surface area contributed by atoms with Crippen LogP contribution < -0.4 is 0 Å². The molecule has 1 aliphatic rings. The van der Waals surface area contributed by atoms with Gasteiger partial charge in [0.1, 0.15) is 0 Å². The molecule has 0 heterocycles. The lowest BCUT2D eigenvalue weighted by atomic mass is 9.82. The third-order valence-electron chi connectivity index (χ3n) is 7.90. The van der Waals surface area contributed by atoms with E-state index in [9.17, 15) is 9.59 Å². The normalized spacial score (nSPS) is 13.9. The molecule has 0 aliphatic heterocycles. The Kier molecular flexibility index (Phi) is 11.3. The summed E-state index contributed by atoms with van der Waals surface area (Å²) in [4.78, 5) is 26.7. The van der Waals surface area contributed by atoms with E-state index in [0.29, 0.717) is 34.1 Å². The van der Waals surface area contributed by atoms with Crippen LogP contribution in [-0.2, 0) is 12.8 Å². The molecular weight excluding hydrogens is 464 g/mol. The third-order valence-corrected chi connectivity index (χ3v) is 7.90. The largest absolute Gasteiger partial charge is 0.289 e. The first-order chi connectivity index (χ1) is 18.2. The molecule has 2 heteroatoms. The summed E-state index contributed by atoms with van der Waals surface area (Å²) in [5.41, 5.74) is 7.36. The molecule has 1 aliphatic carbocycles. The van der Waals surface area contributed by atoms with Crippen LogP contribution in [0, 0.1) is 11.8 Å². The first-order valence-electron chi connectivity index (χ1n) is 14.8. The zero-order valence-electron chi connectivity index (χ0n) is 24.7. The molecule has 38 heavy (non-hydrogen) atoms. The number of carbonyl (C=O) groups excluding carboxylic acids is 2. The summed E-state index contributed by atoms with van der Waals surface area (Å²) in [7, 11) is 0. The summed E-state index contributed by atoms with van der Waals surface area (Å²) < 4.78 is 0. The lowest BCUT2D eigenvalue weighted by molar-refractivity contribution is 0.0979. The minimum Gasteiger partial charge on any atom is -0.289 e. The highest BCUT2D eigenvalue weighted by atomic mass is 16.1. The lowest BCUT2D eigenvalue weighted by Crippen LogP contribution is -2.21. The SMILES string of the molecule is CC(C)=CCCC(C)CCCc1ccc2c(c1)C(=O)c1ccc(CCCC(C)CCC=C(C)C)cc1C2=O. The molecule has 2 unspecified atom stereocenters. The summed E-state index contributed by atoms with van der Waals surface area (Å²) in [6, 6.07) is 11.8. The Morgan fingerprint density at radius 2 is 1.00 bits per heavy atom. The maximum Gasteiger partial charge on any atom is 0.194 e. The Morgan fingerprint density at radius 3 is 1.37 bits per heavy atom. The van der Waals surface area contributed by atoms with Gasteiger partial charge in [-0.25, -0.2) is 0 Å². The van der Waals surface area contributed by atoms with Crippen molar-refractivity contribution in [2.45, 2.75) is 106 Å². The highest BCUT2D eigenvalue weighted by Gasteiger charge is 2.30. The molecule has 204 valence electrons. The van der Waals surface area contributed by atoms with Crippen LogP contribution in [0.25, 0.3) is 0 Å². The van der Waals surface area contributed by atoms with E-state index in [4.69, 9.17) is 0 Å². The Bertz CT molecular complexity index is 1080. The van der Waals surface area contributed by atoms with Crippen LogP contribution in [0.4, 0.5) is 0 Å². The number of aryl methyl sites for hydroxylation is 2. The van der Waals surface area contributed by atoms with Gasteiger partial charge >= 0.3 is 0 Å². The zero-order chi connectivity index (χ0) is 27.7. The minimum atomic E-state index is -0.00835. The predicted octanol–water partition coefficient (Wildman–Crippen LogP) is 9.87. The second-order valence-corrected chi connectivity index (χ2v) is 12.1. The number of rotatable bonds is 14. The molecule has 0 aromatic heterocycles. The molecule has 0 spiro atoms. The minimum absolute atomic E-state index is 0.00835. The molecule has 0 radical (unpaired) electrons. The molecule has 0 bridgehead atoms. The fraction of sp³-hybridized carbons (Fsp3) is 0.500. The van der Waals surface area contributed by atoms with Crippen LogP contribution in [0.5, 0.6) is 0 Å². The van der Waals surface area contributed by atoms with Gasteiger partial charge in [0.25, 0.3) is 0 Å². The smallest absolute Gasteiger partial charge is 0.194 e. The van der Waals surface area contributed by atoms with Gasteiger partial charge in [-0.3, -0.25) is 9.59 Å². The van der Waals surface area contributed by atoms with E-state index in [-0.39, 0.29) is 11.6 Å². The predicted molar refractivity (Wildman–Crippen MR) is 161 cm³/mol. The lowest BCUT2D eigenvalue weighted by Gasteiger charge is -2.19. The third kappa shape index (κ3) is 8.65. The molecule has 0 fully saturated rings. The number of carbonyl (C=O) groups is 2. The monoisotopic (exact) mass is 512 g/mol. The van der Waals surface area contributed by atoms with Crippen molar-refractivity contribution in [2.75, 3.05) is 0 Å². The van der Waals surface area contributed by atoms with E-state index in [0.717, 1.165) is 49.7 Å². The topological polar surface area (TPSA) is 34.1 Å². The summed E-state index contributed by atoms with van der Waals surface area (Å²) >= 11 is 0. The van der Waals surface area contributed by atoms with Crippen LogP contribution in [0.15, 0.2) is 59.7 Å². The van der Waals surface area contributed by atoms with Crippen LogP contribution >= 0.6 is 0 Å². The molecule has 2 aromatic carbocycles. The van der Waals surface area contributed by atoms with Gasteiger partial charge in [-0.1, -0.05) is 74.3 Å². The summed E-state index contributed by atoms with van der Waals surface area (Å²) in [6.45, 7) is 13.3. The highest BCUT2D eigenvalue weighted by molar-refractivity contribution is 6.28. The van der Waals surface area contributed by atoms with Gasteiger partial charge in [-0.15, -0.1) is 0 Å². The maximum absolute atomic E-state index is 13.4. The van der Waals surface area contributed by atoms with Crippen molar-refractivity contribution < 1.29 is 9.59 Å². The van der Waals surface area contributed by atoms with Gasteiger partial charge < -0.3 is 0 Å². The second-order valence-electron chi connectivity index (χ2n) is 12.1. The maximum atomic E-state index is 13.4. The van der Waals surface area contributed by atoms with Crippen molar-refractivity contribution in [1.82, 2.24) is 0 Å². The average molecular weight is 513 g/mol. The molecule has 2 aromatic rings. The summed E-state index contributed by atoms with van der Waals surface area (Å²) in [6.07, 6.45) is 15.8. The van der Waals surface area contributed by atoms with E-state index < -0.39 is 0 Å². The van der Waals surface area contributed by atoms with Gasteiger partial charge in [-0.2, -0.15) is 0 Å². The molecule has 2 nitrogen and oxygen atoms in total. The van der Waals surface area contributed by atoms with Crippen LogP contribution in [0.3, 0.4) is 0 Å². The molecule has 3 rings (SSSR count). The van der Waals surface area contributed by atoms with Crippen molar-refractivity contribution in [1.29, 1.82) is 0 Å². The number of ketones is 2.